The Labute approximate surface area is 111 Å². The first kappa shape index (κ1) is 13.8. The van der Waals surface area contributed by atoms with Gasteiger partial charge in [0.1, 0.15) is 0 Å². The highest BCUT2D eigenvalue weighted by molar-refractivity contribution is 6.30. The zero-order chi connectivity index (χ0) is 14.0. The predicted octanol–water partition coefficient (Wildman–Crippen LogP) is 2.04. The van der Waals surface area contributed by atoms with Crippen molar-refractivity contribution in [1.82, 2.24) is 0 Å². The van der Waals surface area contributed by atoms with Gasteiger partial charge in [0, 0.05) is 11.1 Å². The van der Waals surface area contributed by atoms with Crippen molar-refractivity contribution in [3.63, 3.8) is 0 Å². The van der Waals surface area contributed by atoms with Crippen LogP contribution in [0.3, 0.4) is 0 Å². The first-order valence-corrected chi connectivity index (χ1v) is 5.59. The van der Waals surface area contributed by atoms with Crippen molar-refractivity contribution in [1.29, 1.82) is 0 Å². The number of carbonyl (C=O) groups excluding carboxylic acids is 1. The van der Waals surface area contributed by atoms with Crippen LogP contribution in [0.4, 0.5) is 8.78 Å². The second kappa shape index (κ2) is 5.18. The third kappa shape index (κ3) is 2.71. The van der Waals surface area contributed by atoms with E-state index in [0.29, 0.717) is 0 Å². The lowest BCUT2D eigenvalue weighted by Crippen LogP contribution is -2.35. The molecule has 104 valence electrons. The van der Waals surface area contributed by atoms with Gasteiger partial charge in [-0.1, -0.05) is 11.6 Å². The largest absolute Gasteiger partial charge is 0.489 e. The maximum Gasteiger partial charge on any atom is 0.387 e. The first-order chi connectivity index (χ1) is 8.96. The summed E-state index contributed by atoms with van der Waals surface area (Å²) in [5.74, 6) is -2.43. The van der Waals surface area contributed by atoms with E-state index in [0.717, 1.165) is 6.07 Å². The van der Waals surface area contributed by atoms with Crippen LogP contribution in [0.1, 0.15) is 12.0 Å². The summed E-state index contributed by atoms with van der Waals surface area (Å²) >= 11 is 5.76. The quantitative estimate of drug-likeness (QED) is 0.680. The first-order valence-electron chi connectivity index (χ1n) is 5.22. The summed E-state index contributed by atoms with van der Waals surface area (Å²) in [4.78, 5) is 10.4. The van der Waals surface area contributed by atoms with Gasteiger partial charge in [0.15, 0.2) is 11.5 Å². The number of rotatable bonds is 4. The van der Waals surface area contributed by atoms with E-state index in [1.807, 2.05) is 0 Å². The van der Waals surface area contributed by atoms with Crippen LogP contribution in [0, 0.1) is 0 Å². The molecule has 1 unspecified atom stereocenters. The maximum absolute atomic E-state index is 12.3. The molecule has 0 amide bonds. The second-order valence-electron chi connectivity index (χ2n) is 3.76. The lowest BCUT2D eigenvalue weighted by atomic mass is 9.99. The lowest BCUT2D eigenvalue weighted by Gasteiger charge is -2.33. The van der Waals surface area contributed by atoms with Gasteiger partial charge in [-0.3, -0.25) is 4.79 Å². The van der Waals surface area contributed by atoms with Gasteiger partial charge in [0.05, 0.1) is 18.6 Å². The molecule has 0 aliphatic carbocycles. The van der Waals surface area contributed by atoms with Gasteiger partial charge in [-0.25, -0.2) is 0 Å². The zero-order valence-corrected chi connectivity index (χ0v) is 10.2. The van der Waals surface area contributed by atoms with E-state index in [2.05, 4.69) is 9.47 Å². The minimum absolute atomic E-state index is 0.0292. The molecule has 1 aliphatic heterocycles. The maximum atomic E-state index is 12.3. The summed E-state index contributed by atoms with van der Waals surface area (Å²) in [5.41, 5.74) is -0.0333. The van der Waals surface area contributed by atoms with Gasteiger partial charge < -0.3 is 19.3 Å². The van der Waals surface area contributed by atoms with E-state index < -0.39 is 12.4 Å². The van der Waals surface area contributed by atoms with Gasteiger partial charge >= 0.3 is 6.61 Å². The summed E-state index contributed by atoms with van der Waals surface area (Å²) in [6, 6.07) is 2.39. The Bertz CT molecular complexity index is 496. The normalized spacial score (nSPS) is 21.5. The van der Waals surface area contributed by atoms with E-state index in [9.17, 15) is 18.7 Å². The number of benzene rings is 1. The van der Waals surface area contributed by atoms with Crippen molar-refractivity contribution >= 4 is 18.1 Å². The number of ether oxygens (including phenoxy) is 3. The number of hydrogen-bond acceptors (Lipinski definition) is 5. The molecule has 0 saturated heterocycles. The molecule has 0 fully saturated rings. The molecule has 1 heterocycles. The number of aliphatic hydroxyl groups is 1. The van der Waals surface area contributed by atoms with Gasteiger partial charge in [-0.2, -0.15) is 8.78 Å². The second-order valence-corrected chi connectivity index (χ2v) is 4.19. The topological polar surface area (TPSA) is 65.0 Å². The Hall–Kier alpha value is -1.60. The molecule has 0 spiro atoms. The fourth-order valence-electron chi connectivity index (χ4n) is 1.82. The van der Waals surface area contributed by atoms with Crippen molar-refractivity contribution < 1.29 is 32.9 Å². The summed E-state index contributed by atoms with van der Waals surface area (Å²) in [5, 5.41) is 10.2. The molecule has 0 bridgehead atoms. The number of alkyl halides is 2. The molecule has 0 saturated carbocycles. The summed E-state index contributed by atoms with van der Waals surface area (Å²) in [7, 11) is 0. The van der Waals surface area contributed by atoms with Crippen LogP contribution in [0.2, 0.25) is 5.02 Å². The van der Waals surface area contributed by atoms with E-state index >= 15 is 0 Å². The lowest BCUT2D eigenvalue weighted by molar-refractivity contribution is -0.212. The van der Waals surface area contributed by atoms with Crippen LogP contribution >= 0.6 is 11.6 Å². The SMILES string of the molecule is O=COC1(O)CCOc2c(OC(F)F)cc(Cl)cc21. The molecule has 0 aromatic heterocycles. The van der Waals surface area contributed by atoms with Gasteiger partial charge in [-0.15, -0.1) is 0 Å². The number of fused-ring (bicyclic) bond motifs is 1. The molecule has 1 aliphatic rings. The number of carbonyl (C=O) groups is 1. The minimum atomic E-state index is -3.08. The highest BCUT2D eigenvalue weighted by Crippen LogP contribution is 2.45. The van der Waals surface area contributed by atoms with Crippen LogP contribution < -0.4 is 9.47 Å². The molecule has 8 heteroatoms. The van der Waals surface area contributed by atoms with Crippen LogP contribution in [0.25, 0.3) is 0 Å². The molecule has 19 heavy (non-hydrogen) atoms. The highest BCUT2D eigenvalue weighted by atomic mass is 35.5. The Kier molecular flexibility index (Phi) is 3.77. The Balaban J connectivity index is 2.52. The number of hydrogen-bond donors (Lipinski definition) is 1. The Morgan fingerprint density at radius 3 is 2.89 bits per heavy atom. The summed E-state index contributed by atoms with van der Waals surface area (Å²) < 4.78 is 38.6. The predicted molar refractivity (Wildman–Crippen MR) is 59.2 cm³/mol. The molecular weight excluding hydrogens is 286 g/mol. The monoisotopic (exact) mass is 294 g/mol. The number of halogens is 3. The zero-order valence-electron chi connectivity index (χ0n) is 9.44. The fraction of sp³-hybridized carbons (Fsp3) is 0.364. The standard InChI is InChI=1S/C11H9ClF2O5/c12-6-3-7-9(8(4-6)19-10(13)14)17-2-1-11(7,16)18-5-15/h3-5,10,16H,1-2H2. The van der Waals surface area contributed by atoms with Crippen LogP contribution in [-0.2, 0) is 15.3 Å². The average Bonchev–Trinajstić information content (AvgIpc) is 2.30. The molecule has 1 N–H and O–H groups in total. The third-order valence-electron chi connectivity index (χ3n) is 2.59. The van der Waals surface area contributed by atoms with Gasteiger partial charge in [-0.05, 0) is 6.07 Å². The molecule has 1 atom stereocenters. The van der Waals surface area contributed by atoms with E-state index in [1.54, 1.807) is 0 Å². The Morgan fingerprint density at radius 2 is 2.26 bits per heavy atom. The van der Waals surface area contributed by atoms with E-state index in [-0.39, 0.29) is 41.6 Å². The van der Waals surface area contributed by atoms with Gasteiger partial charge in [0.2, 0.25) is 5.79 Å². The molecular formula is C11H9ClF2O5. The minimum Gasteiger partial charge on any atom is -0.489 e. The molecule has 5 nitrogen and oxygen atoms in total. The van der Waals surface area contributed by atoms with Crippen molar-refractivity contribution in [2.75, 3.05) is 6.61 Å². The van der Waals surface area contributed by atoms with E-state index in [4.69, 9.17) is 16.3 Å². The van der Waals surface area contributed by atoms with Crippen LogP contribution in [0.15, 0.2) is 12.1 Å². The summed E-state index contributed by atoms with van der Waals surface area (Å²) in [6.45, 7) is -3.05. The summed E-state index contributed by atoms with van der Waals surface area (Å²) in [6.07, 6.45) is -0.0484. The van der Waals surface area contributed by atoms with Crippen molar-refractivity contribution in [3.8, 4) is 11.5 Å². The molecule has 2 rings (SSSR count). The van der Waals surface area contributed by atoms with Gasteiger partial charge in [0.25, 0.3) is 6.47 Å². The van der Waals surface area contributed by atoms with Crippen molar-refractivity contribution in [3.05, 3.63) is 22.7 Å². The smallest absolute Gasteiger partial charge is 0.387 e. The van der Waals surface area contributed by atoms with Crippen molar-refractivity contribution in [2.45, 2.75) is 18.8 Å². The third-order valence-corrected chi connectivity index (χ3v) is 2.81. The van der Waals surface area contributed by atoms with Crippen LogP contribution in [-0.4, -0.2) is 24.8 Å². The highest BCUT2D eigenvalue weighted by Gasteiger charge is 2.40. The molecule has 1 aromatic carbocycles. The Morgan fingerprint density at radius 1 is 1.53 bits per heavy atom. The molecule has 1 aromatic rings. The fourth-order valence-corrected chi connectivity index (χ4v) is 2.03. The average molecular weight is 295 g/mol. The molecule has 0 radical (unpaired) electrons. The van der Waals surface area contributed by atoms with E-state index in [1.165, 1.54) is 6.07 Å². The van der Waals surface area contributed by atoms with Crippen molar-refractivity contribution in [2.24, 2.45) is 0 Å². The van der Waals surface area contributed by atoms with Crippen LogP contribution in [0.5, 0.6) is 11.5 Å².